The lowest BCUT2D eigenvalue weighted by Gasteiger charge is -2.20. The Balaban J connectivity index is 2.26. The van der Waals surface area contributed by atoms with Crippen molar-refractivity contribution in [3.63, 3.8) is 0 Å². The smallest absolute Gasteiger partial charge is 0.276 e. The minimum absolute atomic E-state index is 0.220. The number of hydrogen-bond acceptors (Lipinski definition) is 3. The van der Waals surface area contributed by atoms with Crippen LogP contribution in [-0.4, -0.2) is 17.4 Å². The Hall–Kier alpha value is -2.27. The van der Waals surface area contributed by atoms with Gasteiger partial charge < -0.3 is 10.6 Å². The van der Waals surface area contributed by atoms with Gasteiger partial charge in [-0.1, -0.05) is 6.07 Å². The molecule has 0 fully saturated rings. The van der Waals surface area contributed by atoms with E-state index in [0.29, 0.717) is 24.5 Å². The molecule has 4 nitrogen and oxygen atoms in total. The minimum Gasteiger partial charge on any atom is -0.326 e. The van der Waals surface area contributed by atoms with Gasteiger partial charge >= 0.3 is 0 Å². The molecule has 0 aliphatic rings. The van der Waals surface area contributed by atoms with E-state index in [4.69, 9.17) is 5.73 Å². The monoisotopic (exact) mass is 273 g/mol. The predicted octanol–water partition coefficient (Wildman–Crippen LogP) is 2.35. The van der Waals surface area contributed by atoms with Gasteiger partial charge in [0.2, 0.25) is 0 Å². The Morgan fingerprint density at radius 1 is 1.25 bits per heavy atom. The van der Waals surface area contributed by atoms with E-state index >= 15 is 0 Å². The molecule has 104 valence electrons. The van der Waals surface area contributed by atoms with Gasteiger partial charge in [-0.05, 0) is 42.8 Å². The van der Waals surface area contributed by atoms with Gasteiger partial charge in [0.15, 0.2) is 0 Å². The van der Waals surface area contributed by atoms with Crippen molar-refractivity contribution in [1.82, 2.24) is 4.98 Å². The van der Waals surface area contributed by atoms with Gasteiger partial charge in [0.1, 0.15) is 11.5 Å². The highest BCUT2D eigenvalue weighted by atomic mass is 19.1. The average Bonchev–Trinajstić information content (AvgIpc) is 2.50. The first kappa shape index (κ1) is 14.1. The Morgan fingerprint density at radius 2 is 1.95 bits per heavy atom. The number of nitrogens with two attached hydrogens (primary N) is 1. The van der Waals surface area contributed by atoms with Crippen molar-refractivity contribution in [2.75, 3.05) is 11.4 Å². The molecule has 0 saturated carbocycles. The molecule has 2 rings (SSSR count). The largest absolute Gasteiger partial charge is 0.326 e. The molecule has 1 heterocycles. The Labute approximate surface area is 117 Å². The number of aromatic nitrogens is 1. The summed E-state index contributed by atoms with van der Waals surface area (Å²) in [5.41, 5.74) is 7.35. The average molecular weight is 273 g/mol. The van der Waals surface area contributed by atoms with E-state index in [9.17, 15) is 9.18 Å². The molecule has 5 heteroatoms. The number of carbonyl (C=O) groups is 1. The second-order valence-electron chi connectivity index (χ2n) is 4.28. The summed E-state index contributed by atoms with van der Waals surface area (Å²) in [6.07, 6.45) is 1.59. The Kier molecular flexibility index (Phi) is 4.42. The molecule has 20 heavy (non-hydrogen) atoms. The van der Waals surface area contributed by atoms with Gasteiger partial charge in [0.05, 0.1) is 0 Å². The summed E-state index contributed by atoms with van der Waals surface area (Å²) in [4.78, 5) is 18.1. The first-order valence-corrected chi connectivity index (χ1v) is 6.38. The van der Waals surface area contributed by atoms with E-state index < -0.39 is 0 Å². The molecule has 0 bridgehead atoms. The second-order valence-corrected chi connectivity index (χ2v) is 4.28. The predicted molar refractivity (Wildman–Crippen MR) is 75.9 cm³/mol. The van der Waals surface area contributed by atoms with Crippen LogP contribution in [0.2, 0.25) is 0 Å². The summed E-state index contributed by atoms with van der Waals surface area (Å²) >= 11 is 0. The molecular weight excluding hydrogens is 257 g/mol. The summed E-state index contributed by atoms with van der Waals surface area (Å²) in [6, 6.07) is 9.23. The summed E-state index contributed by atoms with van der Waals surface area (Å²) in [5.74, 6) is -0.551. The van der Waals surface area contributed by atoms with Crippen LogP contribution in [0.3, 0.4) is 0 Å². The Morgan fingerprint density at radius 3 is 2.45 bits per heavy atom. The van der Waals surface area contributed by atoms with Gasteiger partial charge in [-0.15, -0.1) is 0 Å². The molecule has 0 atom stereocenters. The molecule has 0 radical (unpaired) electrons. The fraction of sp³-hybridized carbons (Fsp3) is 0.200. The van der Waals surface area contributed by atoms with E-state index in [1.165, 1.54) is 12.1 Å². The van der Waals surface area contributed by atoms with Crippen LogP contribution >= 0.6 is 0 Å². The topological polar surface area (TPSA) is 59.2 Å². The zero-order valence-corrected chi connectivity index (χ0v) is 11.2. The van der Waals surface area contributed by atoms with Crippen molar-refractivity contribution in [3.05, 3.63) is 59.7 Å². The molecule has 0 aliphatic heterocycles. The van der Waals surface area contributed by atoms with Crippen LogP contribution < -0.4 is 10.6 Å². The van der Waals surface area contributed by atoms with Gasteiger partial charge in [0, 0.05) is 25.0 Å². The number of amides is 1. The SMILES string of the molecule is CCN(C(=O)c1ccc(CN)cn1)c1ccc(F)cc1. The maximum absolute atomic E-state index is 12.9. The molecule has 0 saturated heterocycles. The van der Waals surface area contributed by atoms with Crippen LogP contribution in [-0.2, 0) is 6.54 Å². The Bertz CT molecular complexity index is 581. The number of nitrogens with zero attached hydrogens (tertiary/aromatic N) is 2. The summed E-state index contributed by atoms with van der Waals surface area (Å²) in [6.45, 7) is 2.72. The molecule has 2 N–H and O–H groups in total. The highest BCUT2D eigenvalue weighted by Crippen LogP contribution is 2.17. The number of anilines is 1. The highest BCUT2D eigenvalue weighted by Gasteiger charge is 2.17. The van der Waals surface area contributed by atoms with Crippen LogP contribution in [0.25, 0.3) is 0 Å². The second kappa shape index (κ2) is 6.25. The fourth-order valence-corrected chi connectivity index (χ4v) is 1.87. The van der Waals surface area contributed by atoms with Crippen LogP contribution in [0.5, 0.6) is 0 Å². The van der Waals surface area contributed by atoms with Crippen molar-refractivity contribution in [2.24, 2.45) is 5.73 Å². The van der Waals surface area contributed by atoms with E-state index in [0.717, 1.165) is 5.56 Å². The van der Waals surface area contributed by atoms with Crippen LogP contribution in [0.1, 0.15) is 23.0 Å². The van der Waals surface area contributed by atoms with Gasteiger partial charge in [-0.2, -0.15) is 0 Å². The number of carbonyl (C=O) groups excluding carboxylic acids is 1. The number of rotatable bonds is 4. The molecule has 1 amide bonds. The first-order chi connectivity index (χ1) is 9.65. The van der Waals surface area contributed by atoms with Gasteiger partial charge in [-0.25, -0.2) is 4.39 Å². The molecule has 0 unspecified atom stereocenters. The third kappa shape index (κ3) is 3.00. The summed E-state index contributed by atoms with van der Waals surface area (Å²) in [7, 11) is 0. The van der Waals surface area contributed by atoms with Crippen LogP contribution in [0.15, 0.2) is 42.6 Å². The number of hydrogen-bond donors (Lipinski definition) is 1. The normalized spacial score (nSPS) is 10.3. The van der Waals surface area contributed by atoms with Crippen LogP contribution in [0, 0.1) is 5.82 Å². The molecular formula is C15H16FN3O. The minimum atomic E-state index is -0.331. The number of benzene rings is 1. The van der Waals surface area contributed by atoms with Crippen molar-refractivity contribution in [2.45, 2.75) is 13.5 Å². The lowest BCUT2D eigenvalue weighted by atomic mass is 10.2. The van der Waals surface area contributed by atoms with Crippen molar-refractivity contribution in [1.29, 1.82) is 0 Å². The van der Waals surface area contributed by atoms with Crippen LogP contribution in [0.4, 0.5) is 10.1 Å². The summed E-state index contributed by atoms with van der Waals surface area (Å²) in [5, 5.41) is 0. The van der Waals surface area contributed by atoms with Gasteiger partial charge in [-0.3, -0.25) is 9.78 Å². The lowest BCUT2D eigenvalue weighted by molar-refractivity contribution is 0.0983. The molecule has 2 aromatic rings. The van der Waals surface area contributed by atoms with Crippen molar-refractivity contribution < 1.29 is 9.18 Å². The maximum Gasteiger partial charge on any atom is 0.276 e. The molecule has 0 spiro atoms. The van der Waals surface area contributed by atoms with Crippen molar-refractivity contribution in [3.8, 4) is 0 Å². The van der Waals surface area contributed by atoms with E-state index in [1.54, 1.807) is 35.4 Å². The fourth-order valence-electron chi connectivity index (χ4n) is 1.87. The maximum atomic E-state index is 12.9. The number of halogens is 1. The molecule has 0 aliphatic carbocycles. The third-order valence-corrected chi connectivity index (χ3v) is 2.98. The molecule has 1 aromatic carbocycles. The zero-order valence-electron chi connectivity index (χ0n) is 11.2. The first-order valence-electron chi connectivity index (χ1n) is 6.38. The van der Waals surface area contributed by atoms with E-state index in [2.05, 4.69) is 4.98 Å². The quantitative estimate of drug-likeness (QED) is 0.930. The third-order valence-electron chi connectivity index (χ3n) is 2.98. The van der Waals surface area contributed by atoms with Gasteiger partial charge in [0.25, 0.3) is 5.91 Å². The lowest BCUT2D eigenvalue weighted by Crippen LogP contribution is -2.31. The summed E-state index contributed by atoms with van der Waals surface area (Å²) < 4.78 is 12.9. The zero-order chi connectivity index (χ0) is 14.5. The van der Waals surface area contributed by atoms with Crippen molar-refractivity contribution >= 4 is 11.6 Å². The number of pyridine rings is 1. The van der Waals surface area contributed by atoms with E-state index in [1.807, 2.05) is 6.92 Å². The highest BCUT2D eigenvalue weighted by molar-refractivity contribution is 6.04. The molecule has 1 aromatic heterocycles. The standard InChI is InChI=1S/C15H16FN3O/c1-2-19(13-6-4-12(16)5-7-13)15(20)14-8-3-11(9-17)10-18-14/h3-8,10H,2,9,17H2,1H3. The van der Waals surface area contributed by atoms with E-state index in [-0.39, 0.29) is 11.7 Å².